The largest absolute Gasteiger partial charge is 0.325 e. The van der Waals surface area contributed by atoms with Crippen molar-refractivity contribution in [3.8, 4) is 0 Å². The highest BCUT2D eigenvalue weighted by Gasteiger charge is 2.12. The number of hydrogen-bond acceptors (Lipinski definition) is 4. The van der Waals surface area contributed by atoms with Gasteiger partial charge in [-0.15, -0.1) is 10.2 Å². The molecule has 6 heteroatoms. The lowest BCUT2D eigenvalue weighted by Gasteiger charge is -2.08. The van der Waals surface area contributed by atoms with Crippen LogP contribution in [0.15, 0.2) is 47.6 Å². The van der Waals surface area contributed by atoms with Crippen LogP contribution in [0.25, 0.3) is 10.8 Å². The maximum absolute atomic E-state index is 12.4. The number of carbonyl (C=O) groups is 1. The molecule has 0 fully saturated rings. The molecule has 28 heavy (non-hydrogen) atoms. The summed E-state index contributed by atoms with van der Waals surface area (Å²) < 4.78 is 2.01. The Hall–Kier alpha value is -2.34. The number of nitrogens with one attached hydrogen (secondary N) is 1. The summed E-state index contributed by atoms with van der Waals surface area (Å²) in [5.41, 5.74) is 0.842. The molecule has 0 spiro atoms. The van der Waals surface area contributed by atoms with Gasteiger partial charge in [-0.1, -0.05) is 80.8 Å². The second-order valence-electron chi connectivity index (χ2n) is 6.99. The van der Waals surface area contributed by atoms with Crippen LogP contribution in [-0.4, -0.2) is 26.4 Å². The molecule has 0 bridgehead atoms. The van der Waals surface area contributed by atoms with E-state index in [0.29, 0.717) is 5.75 Å². The number of thioether (sulfide) groups is 1. The number of rotatable bonds is 10. The summed E-state index contributed by atoms with van der Waals surface area (Å²) in [6.07, 6.45) is 7.15. The van der Waals surface area contributed by atoms with Crippen molar-refractivity contribution in [3.05, 3.63) is 48.3 Å². The minimum Gasteiger partial charge on any atom is -0.325 e. The maximum Gasteiger partial charge on any atom is 0.234 e. The summed E-state index contributed by atoms with van der Waals surface area (Å²) in [5, 5.41) is 14.5. The number of hydrogen-bond donors (Lipinski definition) is 1. The molecule has 3 aromatic rings. The number of carbonyl (C=O) groups excluding carboxylic acids is 1. The molecule has 3 rings (SSSR count). The van der Waals surface area contributed by atoms with Gasteiger partial charge >= 0.3 is 0 Å². The van der Waals surface area contributed by atoms with E-state index in [9.17, 15) is 4.79 Å². The van der Waals surface area contributed by atoms with Gasteiger partial charge in [0.2, 0.25) is 5.91 Å². The Balaban J connectivity index is 1.52. The second-order valence-corrected chi connectivity index (χ2v) is 7.93. The molecule has 0 atom stereocenters. The molecule has 1 aromatic heterocycles. The van der Waals surface area contributed by atoms with Crippen molar-refractivity contribution in [2.45, 2.75) is 50.6 Å². The number of aryl methyl sites for hydroxylation is 1. The molecular weight excluding hydrogens is 368 g/mol. The SMILES string of the molecule is CCCCCCCc1nnc(SCC(=O)Nc2cccc3ccccc23)n1C. The van der Waals surface area contributed by atoms with Crippen molar-refractivity contribution in [3.63, 3.8) is 0 Å². The third-order valence-electron chi connectivity index (χ3n) is 4.83. The second kappa shape index (κ2) is 10.3. The van der Waals surface area contributed by atoms with E-state index in [4.69, 9.17) is 0 Å². The lowest BCUT2D eigenvalue weighted by molar-refractivity contribution is -0.113. The number of aromatic nitrogens is 3. The van der Waals surface area contributed by atoms with Crippen LogP contribution in [0, 0.1) is 0 Å². The van der Waals surface area contributed by atoms with E-state index in [1.54, 1.807) is 0 Å². The van der Waals surface area contributed by atoms with Crippen molar-refractivity contribution >= 4 is 34.1 Å². The summed E-state index contributed by atoms with van der Waals surface area (Å²) in [4.78, 5) is 12.4. The maximum atomic E-state index is 12.4. The summed E-state index contributed by atoms with van der Waals surface area (Å²) in [6.45, 7) is 2.22. The van der Waals surface area contributed by atoms with E-state index in [0.717, 1.165) is 40.3 Å². The Morgan fingerprint density at radius 2 is 1.82 bits per heavy atom. The van der Waals surface area contributed by atoms with E-state index < -0.39 is 0 Å². The molecule has 0 aliphatic heterocycles. The van der Waals surface area contributed by atoms with Crippen LogP contribution in [0.2, 0.25) is 0 Å². The van der Waals surface area contributed by atoms with Crippen molar-refractivity contribution < 1.29 is 4.79 Å². The van der Waals surface area contributed by atoms with Gasteiger partial charge in [-0.2, -0.15) is 0 Å². The lowest BCUT2D eigenvalue weighted by atomic mass is 10.1. The van der Waals surface area contributed by atoms with E-state index in [-0.39, 0.29) is 5.91 Å². The molecule has 2 aromatic carbocycles. The summed E-state index contributed by atoms with van der Waals surface area (Å²) in [6, 6.07) is 14.0. The molecule has 0 saturated carbocycles. The third kappa shape index (κ3) is 5.35. The van der Waals surface area contributed by atoms with Crippen LogP contribution >= 0.6 is 11.8 Å². The Kier molecular flexibility index (Phi) is 7.48. The predicted molar refractivity (Wildman–Crippen MR) is 117 cm³/mol. The van der Waals surface area contributed by atoms with Crippen molar-refractivity contribution in [2.75, 3.05) is 11.1 Å². The number of nitrogens with zero attached hydrogens (tertiary/aromatic N) is 3. The van der Waals surface area contributed by atoms with E-state index in [1.165, 1.54) is 37.4 Å². The normalized spacial score (nSPS) is 11.1. The first-order valence-corrected chi connectivity index (χ1v) is 11.0. The number of unbranched alkanes of at least 4 members (excludes halogenated alkanes) is 4. The summed E-state index contributed by atoms with van der Waals surface area (Å²) in [5.74, 6) is 1.27. The molecule has 1 N–H and O–H groups in total. The van der Waals surface area contributed by atoms with Crippen LogP contribution in [0.1, 0.15) is 44.9 Å². The number of benzene rings is 2. The number of anilines is 1. The van der Waals surface area contributed by atoms with Crippen LogP contribution in [-0.2, 0) is 18.3 Å². The topological polar surface area (TPSA) is 59.8 Å². The number of amides is 1. The van der Waals surface area contributed by atoms with E-state index >= 15 is 0 Å². The quantitative estimate of drug-likeness (QED) is 0.377. The predicted octanol–water partition coefficient (Wildman–Crippen LogP) is 5.21. The standard InChI is InChI=1S/C22H28N4OS/c1-3-4-5-6-7-15-20-24-25-22(26(20)2)28-16-21(27)23-19-14-10-12-17-11-8-9-13-18(17)19/h8-14H,3-7,15-16H2,1-2H3,(H,23,27). The number of fused-ring (bicyclic) bond motifs is 1. The summed E-state index contributed by atoms with van der Waals surface area (Å²) >= 11 is 1.43. The Bertz CT molecular complexity index is 917. The van der Waals surface area contributed by atoms with Gasteiger partial charge in [0.1, 0.15) is 5.82 Å². The third-order valence-corrected chi connectivity index (χ3v) is 5.85. The first-order valence-electron chi connectivity index (χ1n) is 9.97. The van der Waals surface area contributed by atoms with Gasteiger partial charge in [0.25, 0.3) is 0 Å². The van der Waals surface area contributed by atoms with Crippen LogP contribution in [0.4, 0.5) is 5.69 Å². The molecule has 5 nitrogen and oxygen atoms in total. The highest BCUT2D eigenvalue weighted by atomic mass is 32.2. The smallest absolute Gasteiger partial charge is 0.234 e. The molecule has 0 aliphatic rings. The average Bonchev–Trinajstić information content (AvgIpc) is 3.06. The van der Waals surface area contributed by atoms with Crippen LogP contribution < -0.4 is 5.32 Å². The Labute approximate surface area is 170 Å². The molecule has 148 valence electrons. The molecule has 0 aliphatic carbocycles. The fourth-order valence-electron chi connectivity index (χ4n) is 3.23. The highest BCUT2D eigenvalue weighted by Crippen LogP contribution is 2.24. The molecule has 0 saturated heterocycles. The van der Waals surface area contributed by atoms with Crippen LogP contribution in [0.3, 0.4) is 0 Å². The first kappa shape index (κ1) is 20.4. The molecule has 0 radical (unpaired) electrons. The monoisotopic (exact) mass is 396 g/mol. The van der Waals surface area contributed by atoms with Gasteiger partial charge in [0.15, 0.2) is 5.16 Å². The minimum atomic E-state index is -0.0366. The van der Waals surface area contributed by atoms with E-state index in [1.807, 2.05) is 54.1 Å². The van der Waals surface area contributed by atoms with Crippen molar-refractivity contribution in [1.82, 2.24) is 14.8 Å². The highest BCUT2D eigenvalue weighted by molar-refractivity contribution is 7.99. The van der Waals surface area contributed by atoms with Crippen LogP contribution in [0.5, 0.6) is 0 Å². The van der Waals surface area contributed by atoms with Gasteiger partial charge in [-0.25, -0.2) is 0 Å². The molecule has 0 unspecified atom stereocenters. The Morgan fingerprint density at radius 1 is 1.04 bits per heavy atom. The fourth-order valence-corrected chi connectivity index (χ4v) is 3.96. The zero-order chi connectivity index (χ0) is 19.8. The van der Waals surface area contributed by atoms with E-state index in [2.05, 4.69) is 22.4 Å². The molecule has 1 amide bonds. The van der Waals surface area contributed by atoms with Gasteiger partial charge in [0.05, 0.1) is 5.75 Å². The fraction of sp³-hybridized carbons (Fsp3) is 0.409. The molecule has 1 heterocycles. The van der Waals surface area contributed by atoms with Crippen molar-refractivity contribution in [2.24, 2.45) is 7.05 Å². The Morgan fingerprint density at radius 3 is 2.68 bits per heavy atom. The van der Waals surface area contributed by atoms with Gasteiger partial charge in [-0.05, 0) is 17.9 Å². The van der Waals surface area contributed by atoms with Gasteiger partial charge in [0, 0.05) is 24.5 Å². The zero-order valence-electron chi connectivity index (χ0n) is 16.6. The zero-order valence-corrected chi connectivity index (χ0v) is 17.5. The average molecular weight is 397 g/mol. The molecular formula is C22H28N4OS. The van der Waals surface area contributed by atoms with Gasteiger partial charge in [-0.3, -0.25) is 4.79 Å². The first-order chi connectivity index (χ1) is 13.7. The van der Waals surface area contributed by atoms with Crippen molar-refractivity contribution in [1.29, 1.82) is 0 Å². The van der Waals surface area contributed by atoms with Gasteiger partial charge < -0.3 is 9.88 Å². The minimum absolute atomic E-state index is 0.0366. The summed E-state index contributed by atoms with van der Waals surface area (Å²) in [7, 11) is 1.98. The lowest BCUT2D eigenvalue weighted by Crippen LogP contribution is -2.14.